The van der Waals surface area contributed by atoms with Crippen molar-refractivity contribution in [1.82, 2.24) is 9.55 Å². The highest BCUT2D eigenvalue weighted by atomic mass is 79.9. The number of nitrogens with zero attached hydrogens (tertiary/aromatic N) is 2. The number of aryl methyl sites for hydroxylation is 1. The van der Waals surface area contributed by atoms with Gasteiger partial charge in [-0.1, -0.05) is 12.8 Å². The molecular weight excluding hydrogens is 244 g/mol. The van der Waals surface area contributed by atoms with Crippen LogP contribution in [-0.4, -0.2) is 9.55 Å². The van der Waals surface area contributed by atoms with Gasteiger partial charge in [0.1, 0.15) is 4.47 Å². The van der Waals surface area contributed by atoms with Gasteiger partial charge in [0.2, 0.25) is 0 Å². The van der Waals surface area contributed by atoms with Crippen LogP contribution in [0.15, 0.2) is 15.6 Å². The average Bonchev–Trinajstić information content (AvgIpc) is 2.67. The lowest BCUT2D eigenvalue weighted by molar-refractivity contribution is 0.670. The van der Waals surface area contributed by atoms with Crippen LogP contribution in [0.4, 0.5) is 0 Å². The minimum Gasteiger partial charge on any atom is -0.301 e. The maximum absolute atomic E-state index is 11.6. The van der Waals surface area contributed by atoms with Crippen molar-refractivity contribution in [2.75, 3.05) is 0 Å². The van der Waals surface area contributed by atoms with Crippen LogP contribution in [0.2, 0.25) is 0 Å². The summed E-state index contributed by atoms with van der Waals surface area (Å²) in [6, 6.07) is 0. The molecular formula is C10H13BrN2O. The molecule has 0 bridgehead atoms. The molecule has 0 amide bonds. The zero-order valence-corrected chi connectivity index (χ0v) is 9.75. The Morgan fingerprint density at radius 1 is 1.50 bits per heavy atom. The first kappa shape index (κ1) is 9.90. The Morgan fingerprint density at radius 2 is 2.14 bits per heavy atom. The fraction of sp³-hybridized carbons (Fsp3) is 0.600. The zero-order valence-electron chi connectivity index (χ0n) is 8.16. The molecule has 76 valence electrons. The monoisotopic (exact) mass is 256 g/mol. The van der Waals surface area contributed by atoms with Crippen molar-refractivity contribution in [2.45, 2.75) is 31.6 Å². The molecule has 0 saturated heterocycles. The van der Waals surface area contributed by atoms with Crippen molar-refractivity contribution in [1.29, 1.82) is 0 Å². The Bertz CT molecular complexity index is 394. The van der Waals surface area contributed by atoms with E-state index >= 15 is 0 Å². The summed E-state index contributed by atoms with van der Waals surface area (Å²) < 4.78 is 2.15. The summed E-state index contributed by atoms with van der Waals surface area (Å²) in [7, 11) is 1.72. The van der Waals surface area contributed by atoms with Gasteiger partial charge in [-0.2, -0.15) is 0 Å². The third-order valence-electron chi connectivity index (χ3n) is 2.84. The molecule has 1 aliphatic rings. The first-order valence-corrected chi connectivity index (χ1v) is 5.70. The van der Waals surface area contributed by atoms with Gasteiger partial charge in [0, 0.05) is 13.0 Å². The quantitative estimate of drug-likeness (QED) is 0.773. The second kappa shape index (κ2) is 3.85. The van der Waals surface area contributed by atoms with Gasteiger partial charge in [-0.05, 0) is 28.8 Å². The summed E-state index contributed by atoms with van der Waals surface area (Å²) in [6.45, 7) is 0. The van der Waals surface area contributed by atoms with Gasteiger partial charge < -0.3 is 4.57 Å². The molecule has 1 aromatic rings. The van der Waals surface area contributed by atoms with E-state index in [0.717, 1.165) is 5.69 Å². The summed E-state index contributed by atoms with van der Waals surface area (Å²) in [4.78, 5) is 16.0. The van der Waals surface area contributed by atoms with Gasteiger partial charge in [-0.25, -0.2) is 4.98 Å². The molecule has 3 nitrogen and oxygen atoms in total. The van der Waals surface area contributed by atoms with Crippen LogP contribution in [-0.2, 0) is 7.05 Å². The number of halogens is 1. The van der Waals surface area contributed by atoms with E-state index in [-0.39, 0.29) is 5.56 Å². The predicted octanol–water partition coefficient (Wildman–Crippen LogP) is 2.20. The Morgan fingerprint density at radius 3 is 2.79 bits per heavy atom. The van der Waals surface area contributed by atoms with E-state index < -0.39 is 0 Å². The molecule has 0 radical (unpaired) electrons. The lowest BCUT2D eigenvalue weighted by atomic mass is 10.0. The molecule has 2 rings (SSSR count). The molecule has 0 aliphatic heterocycles. The van der Waals surface area contributed by atoms with Crippen LogP contribution in [0.25, 0.3) is 0 Å². The highest BCUT2D eigenvalue weighted by Gasteiger charge is 2.22. The van der Waals surface area contributed by atoms with Gasteiger partial charge in [-0.15, -0.1) is 0 Å². The SMILES string of the molecule is Cn1cnc(C2CCCC2)c(Br)c1=O. The van der Waals surface area contributed by atoms with Crippen LogP contribution in [0, 0.1) is 0 Å². The molecule has 1 heterocycles. The summed E-state index contributed by atoms with van der Waals surface area (Å²) in [5.41, 5.74) is 0.965. The lowest BCUT2D eigenvalue weighted by Crippen LogP contribution is -2.20. The topological polar surface area (TPSA) is 34.9 Å². The first-order valence-electron chi connectivity index (χ1n) is 4.91. The minimum atomic E-state index is 0.0156. The molecule has 0 atom stereocenters. The predicted molar refractivity (Wildman–Crippen MR) is 58.4 cm³/mol. The minimum absolute atomic E-state index is 0.0156. The third kappa shape index (κ3) is 1.63. The summed E-state index contributed by atoms with van der Waals surface area (Å²) in [5.74, 6) is 0.485. The maximum atomic E-state index is 11.6. The number of rotatable bonds is 1. The van der Waals surface area contributed by atoms with Crippen LogP contribution in [0.1, 0.15) is 37.3 Å². The highest BCUT2D eigenvalue weighted by molar-refractivity contribution is 9.10. The van der Waals surface area contributed by atoms with Crippen LogP contribution < -0.4 is 5.56 Å². The molecule has 0 aromatic carbocycles. The molecule has 4 heteroatoms. The van der Waals surface area contributed by atoms with Gasteiger partial charge >= 0.3 is 0 Å². The maximum Gasteiger partial charge on any atom is 0.267 e. The summed E-state index contributed by atoms with van der Waals surface area (Å²) >= 11 is 3.35. The van der Waals surface area contributed by atoms with Crippen molar-refractivity contribution in [3.05, 3.63) is 26.8 Å². The zero-order chi connectivity index (χ0) is 10.1. The molecule has 0 unspecified atom stereocenters. The molecule has 1 aliphatic carbocycles. The Kier molecular flexibility index (Phi) is 2.72. The molecule has 0 N–H and O–H groups in total. The fourth-order valence-electron chi connectivity index (χ4n) is 2.01. The van der Waals surface area contributed by atoms with E-state index in [1.807, 2.05) is 0 Å². The number of hydrogen-bond donors (Lipinski definition) is 0. The molecule has 1 fully saturated rings. The van der Waals surface area contributed by atoms with E-state index in [0.29, 0.717) is 10.4 Å². The van der Waals surface area contributed by atoms with E-state index in [9.17, 15) is 4.79 Å². The standard InChI is InChI=1S/C10H13BrN2O/c1-13-6-12-9(8(11)10(13)14)7-4-2-3-5-7/h6-7H,2-5H2,1H3. The average molecular weight is 257 g/mol. The summed E-state index contributed by atoms with van der Waals surface area (Å²) in [6.07, 6.45) is 6.46. The van der Waals surface area contributed by atoms with Gasteiger partial charge in [0.25, 0.3) is 5.56 Å². The Hall–Kier alpha value is -0.640. The van der Waals surface area contributed by atoms with Crippen LogP contribution in [0.5, 0.6) is 0 Å². The van der Waals surface area contributed by atoms with E-state index in [4.69, 9.17) is 0 Å². The van der Waals surface area contributed by atoms with Crippen LogP contribution in [0.3, 0.4) is 0 Å². The van der Waals surface area contributed by atoms with Crippen LogP contribution >= 0.6 is 15.9 Å². The van der Waals surface area contributed by atoms with Crippen molar-refractivity contribution >= 4 is 15.9 Å². The van der Waals surface area contributed by atoms with Gasteiger partial charge in [-0.3, -0.25) is 4.79 Å². The van der Waals surface area contributed by atoms with Crippen molar-refractivity contribution in [3.8, 4) is 0 Å². The second-order valence-electron chi connectivity index (χ2n) is 3.84. The van der Waals surface area contributed by atoms with Gasteiger partial charge in [0.05, 0.1) is 12.0 Å². The largest absolute Gasteiger partial charge is 0.301 e. The lowest BCUT2D eigenvalue weighted by Gasteiger charge is -2.10. The van der Waals surface area contributed by atoms with E-state index in [1.165, 1.54) is 30.3 Å². The molecule has 1 aromatic heterocycles. The van der Waals surface area contributed by atoms with Gasteiger partial charge in [0.15, 0.2) is 0 Å². The first-order chi connectivity index (χ1) is 6.70. The number of hydrogen-bond acceptors (Lipinski definition) is 2. The smallest absolute Gasteiger partial charge is 0.267 e. The van der Waals surface area contributed by atoms with E-state index in [1.54, 1.807) is 13.4 Å². The number of aromatic nitrogens is 2. The molecule has 0 spiro atoms. The highest BCUT2D eigenvalue weighted by Crippen LogP contribution is 2.34. The van der Waals surface area contributed by atoms with Crippen molar-refractivity contribution in [2.24, 2.45) is 7.05 Å². The Labute approximate surface area is 91.3 Å². The fourth-order valence-corrected chi connectivity index (χ4v) is 2.71. The molecule has 1 saturated carbocycles. The summed E-state index contributed by atoms with van der Waals surface area (Å²) in [5, 5.41) is 0. The Balaban J connectivity index is 2.43. The normalized spacial score (nSPS) is 17.6. The molecule has 14 heavy (non-hydrogen) atoms. The van der Waals surface area contributed by atoms with Crippen molar-refractivity contribution < 1.29 is 0 Å². The van der Waals surface area contributed by atoms with Crippen molar-refractivity contribution in [3.63, 3.8) is 0 Å². The van der Waals surface area contributed by atoms with E-state index in [2.05, 4.69) is 20.9 Å². The second-order valence-corrected chi connectivity index (χ2v) is 4.63. The third-order valence-corrected chi connectivity index (χ3v) is 3.59.